The minimum atomic E-state index is -0.398. The van der Waals surface area contributed by atoms with Crippen LogP contribution in [0.5, 0.6) is 11.5 Å². The van der Waals surface area contributed by atoms with E-state index in [0.717, 1.165) is 5.69 Å². The number of esters is 1. The average molecular weight is 302 g/mol. The Morgan fingerprint density at radius 3 is 2.73 bits per heavy atom. The molecule has 6 heteroatoms. The molecule has 22 heavy (non-hydrogen) atoms. The van der Waals surface area contributed by atoms with Gasteiger partial charge in [-0.1, -0.05) is 0 Å². The summed E-state index contributed by atoms with van der Waals surface area (Å²) in [4.78, 5) is 20.1. The van der Waals surface area contributed by atoms with Gasteiger partial charge >= 0.3 is 5.97 Å². The quantitative estimate of drug-likeness (QED) is 0.764. The molecule has 0 bridgehead atoms. The SMILES string of the molecule is CCOC(=O)c1ccc(OC)c(OCc2cncc(C)n2)c1. The van der Waals surface area contributed by atoms with Crippen LogP contribution < -0.4 is 9.47 Å². The maximum Gasteiger partial charge on any atom is 0.338 e. The van der Waals surface area contributed by atoms with E-state index < -0.39 is 5.97 Å². The van der Waals surface area contributed by atoms with Crippen molar-refractivity contribution in [1.82, 2.24) is 9.97 Å². The fourth-order valence-electron chi connectivity index (χ4n) is 1.87. The summed E-state index contributed by atoms with van der Waals surface area (Å²) >= 11 is 0. The minimum Gasteiger partial charge on any atom is -0.493 e. The Labute approximate surface area is 129 Å². The smallest absolute Gasteiger partial charge is 0.338 e. The number of nitrogens with zero attached hydrogens (tertiary/aromatic N) is 2. The third kappa shape index (κ3) is 3.94. The lowest BCUT2D eigenvalue weighted by molar-refractivity contribution is 0.0525. The normalized spacial score (nSPS) is 10.1. The van der Waals surface area contributed by atoms with Gasteiger partial charge in [0.05, 0.1) is 36.9 Å². The van der Waals surface area contributed by atoms with Gasteiger partial charge in [0, 0.05) is 6.20 Å². The van der Waals surface area contributed by atoms with Gasteiger partial charge < -0.3 is 14.2 Å². The van der Waals surface area contributed by atoms with Crippen LogP contribution in [0.4, 0.5) is 0 Å². The van der Waals surface area contributed by atoms with Crippen LogP contribution >= 0.6 is 0 Å². The standard InChI is InChI=1S/C16H18N2O4/c1-4-21-16(19)12-5-6-14(20-3)15(7-12)22-10-13-9-17-8-11(2)18-13/h5-9H,4,10H2,1-3H3. The summed E-state index contributed by atoms with van der Waals surface area (Å²) < 4.78 is 15.9. The van der Waals surface area contributed by atoms with Crippen molar-refractivity contribution in [2.45, 2.75) is 20.5 Å². The maximum atomic E-state index is 11.8. The first-order valence-electron chi connectivity index (χ1n) is 6.89. The van der Waals surface area contributed by atoms with Gasteiger partial charge in [0.1, 0.15) is 6.61 Å². The van der Waals surface area contributed by atoms with Gasteiger partial charge in [-0.3, -0.25) is 9.97 Å². The number of hydrogen-bond donors (Lipinski definition) is 0. The molecule has 0 N–H and O–H groups in total. The molecular formula is C16H18N2O4. The van der Waals surface area contributed by atoms with Crippen LogP contribution in [0.2, 0.25) is 0 Å². The van der Waals surface area contributed by atoms with Crippen molar-refractivity contribution in [2.24, 2.45) is 0 Å². The van der Waals surface area contributed by atoms with E-state index in [-0.39, 0.29) is 6.61 Å². The monoisotopic (exact) mass is 302 g/mol. The van der Waals surface area contributed by atoms with E-state index in [9.17, 15) is 4.79 Å². The molecule has 0 saturated heterocycles. The number of methoxy groups -OCH3 is 1. The first kappa shape index (κ1) is 15.8. The highest BCUT2D eigenvalue weighted by atomic mass is 16.5. The van der Waals surface area contributed by atoms with E-state index in [1.54, 1.807) is 44.6 Å². The Bertz CT molecular complexity index is 658. The zero-order valence-electron chi connectivity index (χ0n) is 12.8. The predicted molar refractivity (Wildman–Crippen MR) is 80.1 cm³/mol. The van der Waals surface area contributed by atoms with E-state index in [1.165, 1.54) is 0 Å². The van der Waals surface area contributed by atoms with E-state index in [0.29, 0.717) is 29.4 Å². The molecule has 0 radical (unpaired) electrons. The highest BCUT2D eigenvalue weighted by Gasteiger charge is 2.12. The first-order valence-corrected chi connectivity index (χ1v) is 6.89. The van der Waals surface area contributed by atoms with Crippen LogP contribution in [0, 0.1) is 6.92 Å². The Morgan fingerprint density at radius 2 is 2.05 bits per heavy atom. The Kier molecular flexibility index (Phi) is 5.30. The molecule has 0 aliphatic carbocycles. The number of hydrogen-bond acceptors (Lipinski definition) is 6. The van der Waals surface area contributed by atoms with Crippen LogP contribution in [0.3, 0.4) is 0 Å². The molecule has 2 rings (SSSR count). The van der Waals surface area contributed by atoms with Gasteiger partial charge in [0.25, 0.3) is 0 Å². The molecule has 0 spiro atoms. The molecule has 0 fully saturated rings. The lowest BCUT2D eigenvalue weighted by Crippen LogP contribution is -2.06. The van der Waals surface area contributed by atoms with Crippen molar-refractivity contribution in [3.63, 3.8) is 0 Å². The fraction of sp³-hybridized carbons (Fsp3) is 0.312. The second-order valence-electron chi connectivity index (χ2n) is 4.53. The number of rotatable bonds is 6. The molecule has 0 atom stereocenters. The third-order valence-electron chi connectivity index (χ3n) is 2.86. The number of carbonyl (C=O) groups excluding carboxylic acids is 1. The van der Waals surface area contributed by atoms with E-state index >= 15 is 0 Å². The Morgan fingerprint density at radius 1 is 1.23 bits per heavy atom. The highest BCUT2D eigenvalue weighted by molar-refractivity contribution is 5.90. The highest BCUT2D eigenvalue weighted by Crippen LogP contribution is 2.29. The maximum absolute atomic E-state index is 11.8. The van der Waals surface area contributed by atoms with Crippen LogP contribution in [0.25, 0.3) is 0 Å². The van der Waals surface area contributed by atoms with Crippen LogP contribution in [-0.4, -0.2) is 29.7 Å². The minimum absolute atomic E-state index is 0.233. The molecule has 2 aromatic rings. The van der Waals surface area contributed by atoms with Crippen molar-refractivity contribution < 1.29 is 19.0 Å². The predicted octanol–water partition coefficient (Wildman–Crippen LogP) is 2.55. The van der Waals surface area contributed by atoms with Crippen LogP contribution in [-0.2, 0) is 11.3 Å². The molecule has 6 nitrogen and oxygen atoms in total. The molecular weight excluding hydrogens is 284 g/mol. The zero-order valence-corrected chi connectivity index (χ0v) is 12.8. The average Bonchev–Trinajstić information content (AvgIpc) is 2.53. The van der Waals surface area contributed by atoms with Crippen molar-refractivity contribution in [3.05, 3.63) is 47.5 Å². The molecule has 116 valence electrons. The molecule has 1 aromatic carbocycles. The third-order valence-corrected chi connectivity index (χ3v) is 2.86. The fourth-order valence-corrected chi connectivity index (χ4v) is 1.87. The summed E-state index contributed by atoms with van der Waals surface area (Å²) in [5.74, 6) is 0.593. The molecule has 0 aliphatic rings. The molecule has 0 aliphatic heterocycles. The van der Waals surface area contributed by atoms with Crippen molar-refractivity contribution in [2.75, 3.05) is 13.7 Å². The van der Waals surface area contributed by atoms with Gasteiger partial charge in [-0.05, 0) is 32.0 Å². The van der Waals surface area contributed by atoms with E-state index in [4.69, 9.17) is 14.2 Å². The summed E-state index contributed by atoms with van der Waals surface area (Å²) in [5, 5.41) is 0. The Hall–Kier alpha value is -2.63. The van der Waals surface area contributed by atoms with Gasteiger partial charge in [0.2, 0.25) is 0 Å². The lowest BCUT2D eigenvalue weighted by Gasteiger charge is -2.12. The van der Waals surface area contributed by atoms with Crippen LogP contribution in [0.15, 0.2) is 30.6 Å². The summed E-state index contributed by atoms with van der Waals surface area (Å²) in [6.07, 6.45) is 3.31. The van der Waals surface area contributed by atoms with Gasteiger partial charge in [-0.25, -0.2) is 4.79 Å². The van der Waals surface area contributed by atoms with E-state index in [2.05, 4.69) is 9.97 Å². The van der Waals surface area contributed by atoms with Gasteiger partial charge in [0.15, 0.2) is 11.5 Å². The summed E-state index contributed by atoms with van der Waals surface area (Å²) in [6, 6.07) is 4.90. The lowest BCUT2D eigenvalue weighted by atomic mass is 10.2. The zero-order chi connectivity index (χ0) is 15.9. The van der Waals surface area contributed by atoms with Crippen LogP contribution in [0.1, 0.15) is 28.7 Å². The molecule has 1 aromatic heterocycles. The van der Waals surface area contributed by atoms with Crippen molar-refractivity contribution in [1.29, 1.82) is 0 Å². The molecule has 0 unspecified atom stereocenters. The van der Waals surface area contributed by atoms with Gasteiger partial charge in [-0.2, -0.15) is 0 Å². The van der Waals surface area contributed by atoms with Gasteiger partial charge in [-0.15, -0.1) is 0 Å². The molecule has 1 heterocycles. The molecule has 0 saturated carbocycles. The molecule has 0 amide bonds. The largest absolute Gasteiger partial charge is 0.493 e. The number of aryl methyl sites for hydroxylation is 1. The summed E-state index contributed by atoms with van der Waals surface area (Å²) in [7, 11) is 1.54. The second-order valence-corrected chi connectivity index (χ2v) is 4.53. The topological polar surface area (TPSA) is 70.5 Å². The summed E-state index contributed by atoms with van der Waals surface area (Å²) in [6.45, 7) is 4.17. The first-order chi connectivity index (χ1) is 10.6. The number of benzene rings is 1. The summed E-state index contributed by atoms with van der Waals surface area (Å²) in [5.41, 5.74) is 1.92. The van der Waals surface area contributed by atoms with Crippen molar-refractivity contribution >= 4 is 5.97 Å². The number of carbonyl (C=O) groups is 1. The van der Waals surface area contributed by atoms with Crippen molar-refractivity contribution in [3.8, 4) is 11.5 Å². The second kappa shape index (κ2) is 7.40. The number of aromatic nitrogens is 2. The van der Waals surface area contributed by atoms with E-state index in [1.807, 2.05) is 6.92 Å². The number of ether oxygens (including phenoxy) is 3. The Balaban J connectivity index is 2.17.